The molecule has 0 aliphatic rings. The summed E-state index contributed by atoms with van der Waals surface area (Å²) >= 11 is 4.68. The van der Waals surface area contributed by atoms with Crippen molar-refractivity contribution in [1.29, 1.82) is 0 Å². The monoisotopic (exact) mass is 316 g/mol. The van der Waals surface area contributed by atoms with Crippen molar-refractivity contribution in [2.45, 2.75) is 13.8 Å². The molecule has 1 aromatic carbocycles. The van der Waals surface area contributed by atoms with Crippen molar-refractivity contribution in [3.63, 3.8) is 0 Å². The third-order valence-corrected chi connectivity index (χ3v) is 3.31. The first-order valence-electron chi connectivity index (χ1n) is 6.51. The van der Waals surface area contributed by atoms with Gasteiger partial charge in [-0.15, -0.1) is 0 Å². The topological polar surface area (TPSA) is 92.6 Å². The van der Waals surface area contributed by atoms with Crippen LogP contribution in [0.4, 0.5) is 0 Å². The minimum atomic E-state index is -0.941. The van der Waals surface area contributed by atoms with Crippen molar-refractivity contribution in [1.82, 2.24) is 9.99 Å². The number of hydrogen-bond acceptors (Lipinski definition) is 3. The highest BCUT2D eigenvalue weighted by molar-refractivity contribution is 7.80. The van der Waals surface area contributed by atoms with Crippen molar-refractivity contribution < 1.29 is 9.90 Å². The number of hydrazone groups is 1. The predicted octanol–water partition coefficient (Wildman–Crippen LogP) is 1.96. The number of hydrogen-bond donors (Lipinski definition) is 3. The number of carbonyl (C=O) groups is 1. The Morgan fingerprint density at radius 2 is 2.00 bits per heavy atom. The maximum Gasteiger partial charge on any atom is 0.335 e. The molecular formula is C15H16N4O2S. The van der Waals surface area contributed by atoms with Crippen LogP contribution < -0.4 is 11.2 Å². The van der Waals surface area contributed by atoms with E-state index in [-0.39, 0.29) is 10.7 Å². The first-order chi connectivity index (χ1) is 10.4. The largest absolute Gasteiger partial charge is 0.478 e. The van der Waals surface area contributed by atoms with Crippen molar-refractivity contribution in [3.8, 4) is 5.69 Å². The number of nitrogens with two attached hydrogens (primary N) is 1. The van der Waals surface area contributed by atoms with Crippen LogP contribution in [0.15, 0.2) is 35.4 Å². The molecule has 4 N–H and O–H groups in total. The predicted molar refractivity (Wildman–Crippen MR) is 89.7 cm³/mol. The highest BCUT2D eigenvalue weighted by Crippen LogP contribution is 2.20. The minimum Gasteiger partial charge on any atom is -0.478 e. The summed E-state index contributed by atoms with van der Waals surface area (Å²) in [5.41, 5.74) is 11.9. The van der Waals surface area contributed by atoms with Gasteiger partial charge in [-0.2, -0.15) is 5.10 Å². The van der Waals surface area contributed by atoms with Crippen LogP contribution in [0, 0.1) is 13.8 Å². The average molecular weight is 316 g/mol. The zero-order chi connectivity index (χ0) is 16.3. The summed E-state index contributed by atoms with van der Waals surface area (Å²) in [6.07, 6.45) is 1.64. The Kier molecular flexibility index (Phi) is 4.57. The van der Waals surface area contributed by atoms with Crippen LogP contribution in [0.5, 0.6) is 0 Å². The molecule has 0 saturated carbocycles. The quantitative estimate of drug-likeness (QED) is 0.455. The van der Waals surface area contributed by atoms with E-state index >= 15 is 0 Å². The van der Waals surface area contributed by atoms with Gasteiger partial charge in [-0.3, -0.25) is 5.43 Å². The van der Waals surface area contributed by atoms with Gasteiger partial charge in [0.15, 0.2) is 5.11 Å². The van der Waals surface area contributed by atoms with Crippen LogP contribution in [0.3, 0.4) is 0 Å². The van der Waals surface area contributed by atoms with Crippen molar-refractivity contribution in [2.24, 2.45) is 10.8 Å². The van der Waals surface area contributed by atoms with E-state index in [0.29, 0.717) is 0 Å². The van der Waals surface area contributed by atoms with Gasteiger partial charge >= 0.3 is 5.97 Å². The maximum atomic E-state index is 10.9. The van der Waals surface area contributed by atoms with Crippen LogP contribution in [0.2, 0.25) is 0 Å². The number of thiocarbonyl (C=S) groups is 1. The van der Waals surface area contributed by atoms with Crippen molar-refractivity contribution >= 4 is 29.5 Å². The van der Waals surface area contributed by atoms with E-state index in [1.807, 2.05) is 24.5 Å². The van der Waals surface area contributed by atoms with E-state index in [1.165, 1.54) is 0 Å². The van der Waals surface area contributed by atoms with Gasteiger partial charge in [0.2, 0.25) is 0 Å². The van der Waals surface area contributed by atoms with Gasteiger partial charge in [0, 0.05) is 22.6 Å². The standard InChI is InChI=1S/C15H16N4O2S/c1-9-7-12(8-17-18-15(16)22)10(2)19(9)13-5-3-11(4-6-13)14(20)21/h3-8H,1-2H3,(H,20,21)(H3,16,18,22). The van der Waals surface area contributed by atoms with E-state index in [4.69, 9.17) is 10.8 Å². The Bertz CT molecular complexity index is 748. The highest BCUT2D eigenvalue weighted by Gasteiger charge is 2.10. The lowest BCUT2D eigenvalue weighted by atomic mass is 10.2. The Balaban J connectivity index is 2.35. The lowest BCUT2D eigenvalue weighted by molar-refractivity contribution is 0.0697. The van der Waals surface area contributed by atoms with Crippen LogP contribution >= 0.6 is 12.2 Å². The number of rotatable bonds is 4. The minimum absolute atomic E-state index is 0.106. The molecule has 22 heavy (non-hydrogen) atoms. The number of aromatic carboxylic acids is 1. The molecule has 0 atom stereocenters. The molecule has 2 rings (SSSR count). The Hall–Kier alpha value is -2.67. The first kappa shape index (κ1) is 15.7. The van der Waals surface area contributed by atoms with Gasteiger partial charge in [0.1, 0.15) is 0 Å². The van der Waals surface area contributed by atoms with E-state index < -0.39 is 5.97 Å². The second-order valence-corrected chi connectivity index (χ2v) is 5.19. The molecule has 1 heterocycles. The first-order valence-corrected chi connectivity index (χ1v) is 6.92. The summed E-state index contributed by atoms with van der Waals surface area (Å²) in [6, 6.07) is 8.69. The summed E-state index contributed by atoms with van der Waals surface area (Å²) in [7, 11) is 0. The number of nitrogens with zero attached hydrogens (tertiary/aromatic N) is 2. The SMILES string of the molecule is Cc1cc(C=NNC(N)=S)c(C)n1-c1ccc(C(=O)O)cc1. The van der Waals surface area contributed by atoms with Gasteiger partial charge < -0.3 is 15.4 Å². The zero-order valence-electron chi connectivity index (χ0n) is 12.2. The normalized spacial score (nSPS) is 10.8. The molecule has 0 saturated heterocycles. The Morgan fingerprint density at radius 1 is 1.36 bits per heavy atom. The molecule has 1 aromatic heterocycles. The van der Waals surface area contributed by atoms with Gasteiger partial charge in [-0.25, -0.2) is 4.79 Å². The summed E-state index contributed by atoms with van der Waals surface area (Å²) in [4.78, 5) is 10.9. The second kappa shape index (κ2) is 6.40. The Morgan fingerprint density at radius 3 is 2.55 bits per heavy atom. The third kappa shape index (κ3) is 3.32. The van der Waals surface area contributed by atoms with Gasteiger partial charge in [0.25, 0.3) is 0 Å². The van der Waals surface area contributed by atoms with E-state index in [1.54, 1.807) is 30.5 Å². The molecule has 114 valence electrons. The molecule has 2 aromatic rings. The molecule has 0 spiro atoms. The zero-order valence-corrected chi connectivity index (χ0v) is 13.0. The third-order valence-electron chi connectivity index (χ3n) is 3.22. The molecule has 0 aliphatic heterocycles. The molecule has 6 nitrogen and oxygen atoms in total. The van der Waals surface area contributed by atoms with Gasteiger partial charge in [-0.05, 0) is 56.4 Å². The summed E-state index contributed by atoms with van der Waals surface area (Å²) in [6.45, 7) is 3.93. The molecule has 0 bridgehead atoms. The van der Waals surface area contributed by atoms with E-state index in [2.05, 4.69) is 22.7 Å². The van der Waals surface area contributed by atoms with Gasteiger partial charge in [0.05, 0.1) is 11.8 Å². The number of aromatic nitrogens is 1. The molecule has 0 fully saturated rings. The highest BCUT2D eigenvalue weighted by atomic mass is 32.1. The number of benzene rings is 1. The maximum absolute atomic E-state index is 10.9. The molecule has 0 aliphatic carbocycles. The number of carboxylic acids is 1. The smallest absolute Gasteiger partial charge is 0.335 e. The lowest BCUT2D eigenvalue weighted by Crippen LogP contribution is -2.24. The molecule has 7 heteroatoms. The van der Waals surface area contributed by atoms with Crippen LogP contribution in [0.25, 0.3) is 5.69 Å². The number of carboxylic acid groups (broad SMARTS) is 1. The number of nitrogens with one attached hydrogen (secondary N) is 1. The average Bonchev–Trinajstić information content (AvgIpc) is 2.73. The Labute approximate surface area is 133 Å². The van der Waals surface area contributed by atoms with E-state index in [0.717, 1.165) is 22.6 Å². The van der Waals surface area contributed by atoms with Crippen LogP contribution in [-0.2, 0) is 0 Å². The van der Waals surface area contributed by atoms with Gasteiger partial charge in [-0.1, -0.05) is 0 Å². The summed E-state index contributed by atoms with van der Waals surface area (Å²) < 4.78 is 2.02. The molecular weight excluding hydrogens is 300 g/mol. The van der Waals surface area contributed by atoms with Crippen molar-refractivity contribution in [2.75, 3.05) is 0 Å². The van der Waals surface area contributed by atoms with Crippen LogP contribution in [-0.4, -0.2) is 27.0 Å². The fraction of sp³-hybridized carbons (Fsp3) is 0.133. The van der Waals surface area contributed by atoms with Crippen molar-refractivity contribution in [3.05, 3.63) is 52.8 Å². The molecule has 0 radical (unpaired) electrons. The summed E-state index contributed by atoms with van der Waals surface area (Å²) in [5.74, 6) is -0.941. The van der Waals surface area contributed by atoms with Crippen LogP contribution in [0.1, 0.15) is 27.3 Å². The fourth-order valence-corrected chi connectivity index (χ4v) is 2.29. The summed E-state index contributed by atoms with van der Waals surface area (Å²) in [5, 5.41) is 13.0. The molecule has 0 amide bonds. The molecule has 0 unspecified atom stereocenters. The second-order valence-electron chi connectivity index (χ2n) is 4.75. The number of aryl methyl sites for hydroxylation is 1. The van der Waals surface area contributed by atoms with E-state index in [9.17, 15) is 4.79 Å². The lowest BCUT2D eigenvalue weighted by Gasteiger charge is -2.09. The fourth-order valence-electron chi connectivity index (χ4n) is 2.23.